The van der Waals surface area contributed by atoms with Crippen LogP contribution in [0.25, 0.3) is 76.9 Å². The minimum Gasteiger partial charge on any atom is -0.455 e. The molecule has 42 heavy (non-hydrogen) atoms. The summed E-state index contributed by atoms with van der Waals surface area (Å²) in [6.45, 7) is 4.73. The average Bonchev–Trinajstić information content (AvgIpc) is 3.53. The average molecular weight is 537 g/mol. The van der Waals surface area contributed by atoms with Crippen LogP contribution in [0.3, 0.4) is 0 Å². The molecule has 0 radical (unpaired) electrons. The number of hydrogen-bond acceptors (Lipinski definition) is 1. The van der Waals surface area contributed by atoms with Gasteiger partial charge in [0.25, 0.3) is 0 Å². The molecule has 9 rings (SSSR count). The lowest BCUT2D eigenvalue weighted by molar-refractivity contribution is 0.661. The Kier molecular flexibility index (Phi) is 4.73. The number of benzene rings is 7. The van der Waals surface area contributed by atoms with E-state index in [0.717, 1.165) is 21.9 Å². The SMILES string of the molecule is CC1(C)c2ccccc2-c2c1cc1cc(-c3cccc4oc5c6ccccc6ccc5c34)ccc1c2-c1ccccc1. The van der Waals surface area contributed by atoms with Gasteiger partial charge < -0.3 is 4.42 Å². The van der Waals surface area contributed by atoms with Crippen molar-refractivity contribution in [2.75, 3.05) is 0 Å². The molecule has 0 fully saturated rings. The summed E-state index contributed by atoms with van der Waals surface area (Å²) in [5.74, 6) is 0. The Morgan fingerprint density at radius 1 is 0.476 bits per heavy atom. The zero-order valence-electron chi connectivity index (χ0n) is 23.6. The Hall–Kier alpha value is -5.14. The van der Waals surface area contributed by atoms with Crippen molar-refractivity contribution in [3.05, 3.63) is 145 Å². The van der Waals surface area contributed by atoms with Crippen LogP contribution in [-0.2, 0) is 5.41 Å². The van der Waals surface area contributed by atoms with E-state index in [-0.39, 0.29) is 5.41 Å². The second-order valence-corrected chi connectivity index (χ2v) is 12.1. The molecule has 0 atom stereocenters. The van der Waals surface area contributed by atoms with Crippen LogP contribution in [-0.4, -0.2) is 0 Å². The molecule has 1 heterocycles. The highest BCUT2D eigenvalue weighted by molar-refractivity contribution is 6.19. The van der Waals surface area contributed by atoms with E-state index in [1.807, 2.05) is 0 Å². The molecule has 0 aliphatic heterocycles. The first-order chi connectivity index (χ1) is 20.6. The molecule has 1 heteroatoms. The van der Waals surface area contributed by atoms with Crippen LogP contribution in [0.4, 0.5) is 0 Å². The molecule has 0 saturated heterocycles. The largest absolute Gasteiger partial charge is 0.455 e. The molecule has 198 valence electrons. The molecule has 1 aromatic heterocycles. The van der Waals surface area contributed by atoms with Crippen molar-refractivity contribution in [1.29, 1.82) is 0 Å². The zero-order chi connectivity index (χ0) is 28.0. The second kappa shape index (κ2) is 8.44. The van der Waals surface area contributed by atoms with Crippen molar-refractivity contribution in [3.63, 3.8) is 0 Å². The molecule has 1 aliphatic carbocycles. The van der Waals surface area contributed by atoms with Gasteiger partial charge in [-0.1, -0.05) is 123 Å². The highest BCUT2D eigenvalue weighted by atomic mass is 16.3. The van der Waals surface area contributed by atoms with Gasteiger partial charge in [-0.05, 0) is 84.9 Å². The topological polar surface area (TPSA) is 13.1 Å². The van der Waals surface area contributed by atoms with E-state index in [9.17, 15) is 0 Å². The number of rotatable bonds is 2. The summed E-state index contributed by atoms with van der Waals surface area (Å²) in [6, 6.07) is 48.6. The van der Waals surface area contributed by atoms with E-state index in [1.165, 1.54) is 66.1 Å². The van der Waals surface area contributed by atoms with E-state index in [2.05, 4.69) is 147 Å². The Labute approximate surface area is 244 Å². The van der Waals surface area contributed by atoms with Crippen LogP contribution in [0, 0.1) is 0 Å². The molecule has 0 spiro atoms. The molecule has 0 saturated carbocycles. The van der Waals surface area contributed by atoms with Crippen LogP contribution in [0.15, 0.2) is 138 Å². The molecular weight excluding hydrogens is 508 g/mol. The fourth-order valence-corrected chi connectivity index (χ4v) is 7.44. The van der Waals surface area contributed by atoms with Gasteiger partial charge in [0, 0.05) is 21.6 Å². The maximum absolute atomic E-state index is 6.52. The first kappa shape index (κ1) is 23.6. The predicted molar refractivity (Wildman–Crippen MR) is 177 cm³/mol. The Balaban J connectivity index is 1.35. The van der Waals surface area contributed by atoms with Crippen LogP contribution < -0.4 is 0 Å². The van der Waals surface area contributed by atoms with Crippen molar-refractivity contribution in [2.45, 2.75) is 19.3 Å². The van der Waals surface area contributed by atoms with Crippen LogP contribution in [0.2, 0.25) is 0 Å². The van der Waals surface area contributed by atoms with E-state index < -0.39 is 0 Å². The van der Waals surface area contributed by atoms with E-state index in [1.54, 1.807) is 0 Å². The predicted octanol–water partition coefficient (Wildman–Crippen LogP) is 11.5. The van der Waals surface area contributed by atoms with Gasteiger partial charge in [0.2, 0.25) is 0 Å². The summed E-state index contributed by atoms with van der Waals surface area (Å²) < 4.78 is 6.52. The summed E-state index contributed by atoms with van der Waals surface area (Å²) in [6.07, 6.45) is 0. The number of hydrogen-bond donors (Lipinski definition) is 0. The monoisotopic (exact) mass is 536 g/mol. The van der Waals surface area contributed by atoms with Gasteiger partial charge in [-0.15, -0.1) is 0 Å². The smallest absolute Gasteiger partial charge is 0.143 e. The third-order valence-electron chi connectivity index (χ3n) is 9.44. The van der Waals surface area contributed by atoms with Gasteiger partial charge in [0.05, 0.1) is 0 Å². The minimum absolute atomic E-state index is 0.0819. The normalized spacial score (nSPS) is 13.7. The first-order valence-corrected chi connectivity index (χ1v) is 14.7. The maximum atomic E-state index is 6.52. The fraction of sp³-hybridized carbons (Fsp3) is 0.0732. The Bertz CT molecular complexity index is 2370. The lowest BCUT2D eigenvalue weighted by atomic mass is 9.80. The lowest BCUT2D eigenvalue weighted by Crippen LogP contribution is -2.14. The van der Waals surface area contributed by atoms with Gasteiger partial charge in [-0.25, -0.2) is 0 Å². The van der Waals surface area contributed by atoms with Crippen molar-refractivity contribution >= 4 is 43.5 Å². The third-order valence-corrected chi connectivity index (χ3v) is 9.44. The lowest BCUT2D eigenvalue weighted by Gasteiger charge is -2.23. The Morgan fingerprint density at radius 3 is 2.14 bits per heavy atom. The molecule has 0 bridgehead atoms. The standard InChI is InChI=1S/C41H28O/c1-41(2)34-17-9-8-15-32(34)39-35(41)24-28-23-27(20-21-30(28)37(39)26-12-4-3-5-13-26)29-16-10-18-36-38(29)33-22-19-25-11-6-7-14-31(25)40(33)42-36/h3-24H,1-2H3. The minimum atomic E-state index is -0.0819. The van der Waals surface area contributed by atoms with Crippen molar-refractivity contribution in [3.8, 4) is 33.4 Å². The van der Waals surface area contributed by atoms with Crippen LogP contribution in [0.1, 0.15) is 25.0 Å². The Morgan fingerprint density at radius 2 is 1.24 bits per heavy atom. The van der Waals surface area contributed by atoms with Crippen LogP contribution >= 0.6 is 0 Å². The molecular formula is C41H28O. The van der Waals surface area contributed by atoms with Gasteiger partial charge >= 0.3 is 0 Å². The third kappa shape index (κ3) is 3.14. The summed E-state index contributed by atoms with van der Waals surface area (Å²) in [4.78, 5) is 0. The van der Waals surface area contributed by atoms with E-state index in [4.69, 9.17) is 4.42 Å². The first-order valence-electron chi connectivity index (χ1n) is 14.7. The summed E-state index contributed by atoms with van der Waals surface area (Å²) in [5.41, 5.74) is 12.3. The van der Waals surface area contributed by atoms with E-state index >= 15 is 0 Å². The second-order valence-electron chi connectivity index (χ2n) is 12.1. The van der Waals surface area contributed by atoms with Gasteiger partial charge in [0.15, 0.2) is 0 Å². The molecule has 7 aromatic carbocycles. The molecule has 8 aromatic rings. The van der Waals surface area contributed by atoms with Gasteiger partial charge in [-0.2, -0.15) is 0 Å². The molecule has 0 N–H and O–H groups in total. The maximum Gasteiger partial charge on any atom is 0.143 e. The summed E-state index contributed by atoms with van der Waals surface area (Å²) in [7, 11) is 0. The number of furan rings is 1. The van der Waals surface area contributed by atoms with Crippen LogP contribution in [0.5, 0.6) is 0 Å². The highest BCUT2D eigenvalue weighted by Gasteiger charge is 2.37. The van der Waals surface area contributed by atoms with Crippen molar-refractivity contribution in [1.82, 2.24) is 0 Å². The van der Waals surface area contributed by atoms with Crippen molar-refractivity contribution < 1.29 is 4.42 Å². The molecule has 1 nitrogen and oxygen atoms in total. The van der Waals surface area contributed by atoms with Gasteiger partial charge in [-0.3, -0.25) is 0 Å². The van der Waals surface area contributed by atoms with E-state index in [0.29, 0.717) is 0 Å². The fourth-order valence-electron chi connectivity index (χ4n) is 7.44. The molecule has 0 amide bonds. The summed E-state index contributed by atoms with van der Waals surface area (Å²) >= 11 is 0. The quantitative estimate of drug-likeness (QED) is 0.214. The summed E-state index contributed by atoms with van der Waals surface area (Å²) in [5, 5.41) is 7.24. The van der Waals surface area contributed by atoms with Gasteiger partial charge in [0.1, 0.15) is 11.2 Å². The molecule has 1 aliphatic rings. The molecule has 0 unspecified atom stereocenters. The number of fused-ring (bicyclic) bond motifs is 9. The highest BCUT2D eigenvalue weighted by Crippen LogP contribution is 2.54. The zero-order valence-corrected chi connectivity index (χ0v) is 23.6. The van der Waals surface area contributed by atoms with Crippen molar-refractivity contribution in [2.24, 2.45) is 0 Å².